The van der Waals surface area contributed by atoms with Crippen molar-refractivity contribution in [3.63, 3.8) is 0 Å². The van der Waals surface area contributed by atoms with E-state index in [1.165, 1.54) is 0 Å². The lowest BCUT2D eigenvalue weighted by Gasteiger charge is -2.07. The van der Waals surface area contributed by atoms with Gasteiger partial charge < -0.3 is 0 Å². The lowest BCUT2D eigenvalue weighted by atomic mass is 9.97. The average molecular weight is 431 g/mol. The van der Waals surface area contributed by atoms with Gasteiger partial charge in [-0.15, -0.1) is 0 Å². The molecule has 0 aliphatic heterocycles. The second-order valence-electron chi connectivity index (χ2n) is 6.86. The van der Waals surface area contributed by atoms with Crippen LogP contribution in [-0.2, 0) is 0 Å². The zero-order valence-corrected chi connectivity index (χ0v) is 17.3. The zero-order valence-electron chi connectivity index (χ0n) is 15.8. The molecule has 0 saturated carbocycles. The maximum atomic E-state index is 11.2. The minimum atomic E-state index is -0.455. The Morgan fingerprint density at radius 2 is 0.533 bits per heavy atom. The van der Waals surface area contributed by atoms with E-state index in [4.69, 9.17) is 23.2 Å². The fraction of sp³-hybridized carbons (Fsp3) is 0. The summed E-state index contributed by atoms with van der Waals surface area (Å²) in [5, 5.41) is -0.910. The Balaban J connectivity index is 1.53. The summed E-state index contributed by atoms with van der Waals surface area (Å²) in [6.45, 7) is 0. The minimum absolute atomic E-state index is 0.455. The zero-order chi connectivity index (χ0) is 21.1. The first-order valence-corrected chi connectivity index (χ1v) is 10.1. The highest BCUT2D eigenvalue weighted by Crippen LogP contribution is 2.28. The van der Waals surface area contributed by atoms with Gasteiger partial charge in [-0.05, 0) is 80.8 Å². The van der Waals surface area contributed by atoms with Crippen molar-refractivity contribution >= 4 is 33.7 Å². The number of rotatable bonds is 5. The molecule has 2 nitrogen and oxygen atoms in total. The first-order valence-electron chi connectivity index (χ1n) is 9.32. The molecule has 4 aromatic rings. The molecule has 0 N–H and O–H groups in total. The van der Waals surface area contributed by atoms with Gasteiger partial charge in [0.15, 0.2) is 0 Å². The van der Waals surface area contributed by atoms with E-state index < -0.39 is 10.5 Å². The number of carbonyl (C=O) groups is 2. The summed E-state index contributed by atoms with van der Waals surface area (Å²) in [5.74, 6) is 0. The molecule has 0 amide bonds. The molecule has 0 atom stereocenters. The van der Waals surface area contributed by atoms with Crippen molar-refractivity contribution in [2.45, 2.75) is 0 Å². The van der Waals surface area contributed by atoms with Gasteiger partial charge in [0.2, 0.25) is 0 Å². The van der Waals surface area contributed by atoms with Gasteiger partial charge in [0.1, 0.15) is 0 Å². The van der Waals surface area contributed by atoms with E-state index in [0.717, 1.165) is 33.4 Å². The van der Waals surface area contributed by atoms with Crippen molar-refractivity contribution in [2.75, 3.05) is 0 Å². The maximum Gasteiger partial charge on any atom is 0.252 e. The number of hydrogen-bond donors (Lipinski definition) is 0. The summed E-state index contributed by atoms with van der Waals surface area (Å²) in [5.41, 5.74) is 7.38. The van der Waals surface area contributed by atoms with Crippen molar-refractivity contribution in [1.29, 1.82) is 0 Å². The summed E-state index contributed by atoms with van der Waals surface area (Å²) in [6.07, 6.45) is 0. The third kappa shape index (κ3) is 4.35. The van der Waals surface area contributed by atoms with Gasteiger partial charge in [-0.3, -0.25) is 9.59 Å². The van der Waals surface area contributed by atoms with E-state index in [0.29, 0.717) is 11.1 Å². The van der Waals surface area contributed by atoms with Crippen LogP contribution in [-0.4, -0.2) is 10.5 Å². The SMILES string of the molecule is O=C(Cl)c1ccc(-c2ccc(-c3ccc(-c4ccc(C(=O)Cl)cc4)cc3)cc2)cc1. The van der Waals surface area contributed by atoms with E-state index in [-0.39, 0.29) is 0 Å². The lowest BCUT2D eigenvalue weighted by Crippen LogP contribution is -1.88. The highest BCUT2D eigenvalue weighted by Gasteiger charge is 2.05. The monoisotopic (exact) mass is 430 g/mol. The van der Waals surface area contributed by atoms with E-state index in [1.807, 2.05) is 24.3 Å². The molecule has 0 heterocycles. The van der Waals surface area contributed by atoms with Crippen LogP contribution in [0, 0.1) is 0 Å². The fourth-order valence-electron chi connectivity index (χ4n) is 3.30. The third-order valence-electron chi connectivity index (χ3n) is 4.99. The predicted molar refractivity (Wildman–Crippen MR) is 123 cm³/mol. The Labute approximate surface area is 184 Å². The van der Waals surface area contributed by atoms with Gasteiger partial charge in [0.25, 0.3) is 10.5 Å². The van der Waals surface area contributed by atoms with Gasteiger partial charge >= 0.3 is 0 Å². The van der Waals surface area contributed by atoms with Crippen LogP contribution in [0.25, 0.3) is 33.4 Å². The highest BCUT2D eigenvalue weighted by molar-refractivity contribution is 6.68. The molecule has 4 rings (SSSR count). The van der Waals surface area contributed by atoms with Crippen molar-refractivity contribution in [3.05, 3.63) is 108 Å². The van der Waals surface area contributed by atoms with Gasteiger partial charge in [0.05, 0.1) is 0 Å². The fourth-order valence-corrected chi connectivity index (χ4v) is 3.55. The van der Waals surface area contributed by atoms with Crippen LogP contribution in [0.2, 0.25) is 0 Å². The van der Waals surface area contributed by atoms with Crippen LogP contribution in [0.1, 0.15) is 20.7 Å². The summed E-state index contributed by atoms with van der Waals surface area (Å²) >= 11 is 11.0. The second-order valence-corrected chi connectivity index (χ2v) is 7.54. The van der Waals surface area contributed by atoms with Crippen LogP contribution in [0.15, 0.2) is 97.1 Å². The van der Waals surface area contributed by atoms with Crippen molar-refractivity contribution in [1.82, 2.24) is 0 Å². The molecule has 0 radical (unpaired) electrons. The number of halogens is 2. The Bertz CT molecular complexity index is 1090. The summed E-state index contributed by atoms with van der Waals surface area (Å²) in [6, 6.07) is 31.0. The molecule has 4 aromatic carbocycles. The van der Waals surface area contributed by atoms with Crippen LogP contribution >= 0.6 is 23.2 Å². The van der Waals surface area contributed by atoms with Gasteiger partial charge in [0, 0.05) is 11.1 Å². The van der Waals surface area contributed by atoms with Crippen LogP contribution < -0.4 is 0 Å². The number of carbonyl (C=O) groups excluding carboxylic acids is 2. The number of hydrogen-bond acceptors (Lipinski definition) is 2. The van der Waals surface area contributed by atoms with E-state index in [9.17, 15) is 9.59 Å². The Morgan fingerprint density at radius 3 is 0.700 bits per heavy atom. The summed E-state index contributed by atoms with van der Waals surface area (Å²) < 4.78 is 0. The lowest BCUT2D eigenvalue weighted by molar-refractivity contribution is 0.107. The largest absolute Gasteiger partial charge is 0.276 e. The standard InChI is InChI=1S/C26H16Cl2O2/c27-25(29)23-13-9-21(10-14-23)19-5-1-17(2-6-19)18-3-7-20(8-4-18)22-11-15-24(16-12-22)26(28)30/h1-16H. The molecule has 0 aliphatic carbocycles. The first kappa shape index (κ1) is 20.1. The van der Waals surface area contributed by atoms with Crippen LogP contribution in [0.4, 0.5) is 0 Å². The molecule has 0 saturated heterocycles. The van der Waals surface area contributed by atoms with Crippen LogP contribution in [0.5, 0.6) is 0 Å². The van der Waals surface area contributed by atoms with Gasteiger partial charge in [-0.1, -0.05) is 72.8 Å². The van der Waals surface area contributed by atoms with Gasteiger partial charge in [-0.2, -0.15) is 0 Å². The third-order valence-corrected chi connectivity index (χ3v) is 5.43. The molecule has 0 spiro atoms. The second kappa shape index (κ2) is 8.66. The molecular weight excluding hydrogens is 415 g/mol. The minimum Gasteiger partial charge on any atom is -0.276 e. The Hall–Kier alpha value is -3.20. The molecule has 0 unspecified atom stereocenters. The molecule has 146 valence electrons. The van der Waals surface area contributed by atoms with Crippen molar-refractivity contribution in [2.24, 2.45) is 0 Å². The Morgan fingerprint density at radius 1 is 0.367 bits per heavy atom. The van der Waals surface area contributed by atoms with Gasteiger partial charge in [-0.25, -0.2) is 0 Å². The molecule has 0 bridgehead atoms. The van der Waals surface area contributed by atoms with Crippen molar-refractivity contribution in [3.8, 4) is 33.4 Å². The average Bonchev–Trinajstić information content (AvgIpc) is 2.79. The smallest absolute Gasteiger partial charge is 0.252 e. The van der Waals surface area contributed by atoms with Crippen molar-refractivity contribution < 1.29 is 9.59 Å². The molecule has 0 aromatic heterocycles. The molecule has 0 fully saturated rings. The van der Waals surface area contributed by atoms with E-state index in [1.54, 1.807) is 24.3 Å². The highest BCUT2D eigenvalue weighted by atomic mass is 35.5. The van der Waals surface area contributed by atoms with E-state index >= 15 is 0 Å². The Kier molecular flexibility index (Phi) is 5.80. The summed E-state index contributed by atoms with van der Waals surface area (Å²) in [7, 11) is 0. The molecule has 0 aliphatic rings. The summed E-state index contributed by atoms with van der Waals surface area (Å²) in [4.78, 5) is 22.4. The molecular formula is C26H16Cl2O2. The topological polar surface area (TPSA) is 34.1 Å². The molecule has 30 heavy (non-hydrogen) atoms. The predicted octanol–water partition coefficient (Wildman–Crippen LogP) is 7.45. The van der Waals surface area contributed by atoms with E-state index in [2.05, 4.69) is 48.5 Å². The molecule has 4 heteroatoms. The first-order chi connectivity index (χ1) is 14.5. The quantitative estimate of drug-likeness (QED) is 0.308. The normalized spacial score (nSPS) is 10.6. The van der Waals surface area contributed by atoms with Crippen LogP contribution in [0.3, 0.4) is 0 Å². The maximum absolute atomic E-state index is 11.2. The number of benzene rings is 4.